The van der Waals surface area contributed by atoms with Crippen molar-refractivity contribution in [2.45, 2.75) is 12.4 Å². The fourth-order valence-corrected chi connectivity index (χ4v) is 2.26. The lowest BCUT2D eigenvalue weighted by Crippen LogP contribution is -2.12. The van der Waals surface area contributed by atoms with Gasteiger partial charge >= 0.3 is 12.4 Å². The number of hydrogen-bond donors (Lipinski definition) is 0. The quantitative estimate of drug-likeness (QED) is 0.630. The molecule has 0 aliphatic carbocycles. The molecule has 2 rings (SSSR count). The van der Waals surface area contributed by atoms with Crippen LogP contribution in [0.5, 0.6) is 0 Å². The number of halogens is 6. The van der Waals surface area contributed by atoms with Crippen LogP contribution in [0.3, 0.4) is 0 Å². The molecule has 2 aromatic rings. The van der Waals surface area contributed by atoms with E-state index in [0.717, 1.165) is 11.3 Å². The van der Waals surface area contributed by atoms with Gasteiger partial charge in [0.2, 0.25) is 0 Å². The van der Waals surface area contributed by atoms with Gasteiger partial charge in [-0.05, 0) is 29.6 Å². The smallest absolute Gasteiger partial charge is 0.166 e. The Labute approximate surface area is 108 Å². The second-order valence-corrected chi connectivity index (χ2v) is 4.60. The van der Waals surface area contributed by atoms with Gasteiger partial charge in [-0.15, -0.1) is 11.3 Å². The van der Waals surface area contributed by atoms with Crippen LogP contribution in [0.2, 0.25) is 0 Å². The molecular formula is C12H5F6S. The molecule has 0 aliphatic heterocycles. The topological polar surface area (TPSA) is 0 Å². The highest BCUT2D eigenvalue weighted by Gasteiger charge is 2.38. The van der Waals surface area contributed by atoms with Crippen molar-refractivity contribution in [1.29, 1.82) is 0 Å². The minimum atomic E-state index is -4.86. The van der Waals surface area contributed by atoms with Gasteiger partial charge in [0.1, 0.15) is 0 Å². The molecule has 101 valence electrons. The van der Waals surface area contributed by atoms with E-state index in [9.17, 15) is 26.3 Å². The Morgan fingerprint density at radius 2 is 1.68 bits per heavy atom. The van der Waals surface area contributed by atoms with Gasteiger partial charge in [-0.2, -0.15) is 26.3 Å². The molecule has 1 radical (unpaired) electrons. The average molecular weight is 295 g/mol. The number of benzene rings is 1. The summed E-state index contributed by atoms with van der Waals surface area (Å²) in [7, 11) is 0. The molecule has 0 amide bonds. The van der Waals surface area contributed by atoms with Gasteiger partial charge in [-0.3, -0.25) is 0 Å². The maximum atomic E-state index is 12.8. The van der Waals surface area contributed by atoms with Gasteiger partial charge in [-0.25, -0.2) is 0 Å². The molecule has 0 saturated heterocycles. The minimum Gasteiger partial charge on any atom is -0.166 e. The predicted molar refractivity (Wildman–Crippen MR) is 58.6 cm³/mol. The van der Waals surface area contributed by atoms with E-state index in [1.165, 1.54) is 12.1 Å². The van der Waals surface area contributed by atoms with E-state index in [-0.39, 0.29) is 16.5 Å². The number of thiophene rings is 1. The van der Waals surface area contributed by atoms with E-state index in [1.807, 2.05) is 0 Å². The third-order valence-corrected chi connectivity index (χ3v) is 3.23. The first-order chi connectivity index (χ1) is 8.69. The summed E-state index contributed by atoms with van der Waals surface area (Å²) >= 11 is 1.01. The molecule has 7 heteroatoms. The lowest BCUT2D eigenvalue weighted by Gasteiger charge is -2.14. The SMILES string of the molecule is FC(F)(F)c1c[c]c(-c2cccs2)c(C(F)(F)F)c1. The largest absolute Gasteiger partial charge is 0.417 e. The van der Waals surface area contributed by atoms with E-state index in [0.29, 0.717) is 6.07 Å². The van der Waals surface area contributed by atoms with Crippen molar-refractivity contribution in [2.24, 2.45) is 0 Å². The van der Waals surface area contributed by atoms with Crippen LogP contribution in [-0.4, -0.2) is 0 Å². The summed E-state index contributed by atoms with van der Waals surface area (Å²) in [6, 6.07) is 5.66. The molecule has 0 fully saturated rings. The van der Waals surface area contributed by atoms with Gasteiger partial charge in [-0.1, -0.05) is 6.07 Å². The second-order valence-electron chi connectivity index (χ2n) is 3.65. The van der Waals surface area contributed by atoms with Crippen LogP contribution < -0.4 is 0 Å². The summed E-state index contributed by atoms with van der Waals surface area (Å²) in [5.74, 6) is 0. The standard InChI is InChI=1S/C12H5F6S/c13-11(14,15)7-3-4-8(10-2-1-5-19-10)9(6-7)12(16,17)18/h1-3,5-6H. The Morgan fingerprint density at radius 1 is 1.00 bits per heavy atom. The molecule has 1 heterocycles. The van der Waals surface area contributed by atoms with Gasteiger partial charge in [0, 0.05) is 10.4 Å². The fourth-order valence-electron chi connectivity index (χ4n) is 1.51. The van der Waals surface area contributed by atoms with Gasteiger partial charge in [0.15, 0.2) is 0 Å². The highest BCUT2D eigenvalue weighted by molar-refractivity contribution is 7.13. The Balaban J connectivity index is 2.63. The third-order valence-electron chi connectivity index (χ3n) is 2.34. The summed E-state index contributed by atoms with van der Waals surface area (Å²) in [4.78, 5) is 0.223. The van der Waals surface area contributed by atoms with Crippen LogP contribution in [0.4, 0.5) is 26.3 Å². The molecule has 0 N–H and O–H groups in total. The summed E-state index contributed by atoms with van der Waals surface area (Å²) in [6.07, 6.45) is -9.69. The van der Waals surface area contributed by atoms with Crippen molar-refractivity contribution >= 4 is 11.3 Å². The predicted octanol–water partition coefficient (Wildman–Crippen LogP) is 5.25. The maximum absolute atomic E-state index is 12.8. The first kappa shape index (κ1) is 13.9. The van der Waals surface area contributed by atoms with Gasteiger partial charge in [0.05, 0.1) is 11.1 Å². The lowest BCUT2D eigenvalue weighted by atomic mass is 10.0. The van der Waals surface area contributed by atoms with Gasteiger partial charge < -0.3 is 0 Å². The van der Waals surface area contributed by atoms with Crippen LogP contribution in [0.15, 0.2) is 29.6 Å². The van der Waals surface area contributed by atoms with E-state index in [2.05, 4.69) is 6.07 Å². The van der Waals surface area contributed by atoms with E-state index < -0.39 is 23.5 Å². The Kier molecular flexibility index (Phi) is 3.34. The first-order valence-corrected chi connectivity index (χ1v) is 5.81. The van der Waals surface area contributed by atoms with Crippen LogP contribution in [0, 0.1) is 6.07 Å². The summed E-state index contributed by atoms with van der Waals surface area (Å²) in [5.41, 5.74) is -3.06. The van der Waals surface area contributed by atoms with Gasteiger partial charge in [0.25, 0.3) is 0 Å². The molecule has 0 spiro atoms. The monoisotopic (exact) mass is 295 g/mol. The Hall–Kier alpha value is -1.50. The van der Waals surface area contributed by atoms with Crippen LogP contribution in [-0.2, 0) is 12.4 Å². The highest BCUT2D eigenvalue weighted by Crippen LogP contribution is 2.41. The van der Waals surface area contributed by atoms with Crippen molar-refractivity contribution in [2.75, 3.05) is 0 Å². The zero-order chi connectivity index (χ0) is 14.3. The molecule has 0 atom stereocenters. The van der Waals surface area contributed by atoms with Crippen molar-refractivity contribution in [1.82, 2.24) is 0 Å². The molecule has 0 nitrogen and oxygen atoms in total. The Bertz CT molecular complexity index is 565. The third kappa shape index (κ3) is 2.91. The van der Waals surface area contributed by atoms with Crippen molar-refractivity contribution in [3.05, 3.63) is 46.8 Å². The molecule has 0 unspecified atom stereocenters. The molecule has 1 aromatic carbocycles. The molecule has 1 aromatic heterocycles. The normalized spacial score (nSPS) is 12.7. The number of alkyl halides is 6. The van der Waals surface area contributed by atoms with Crippen molar-refractivity contribution in [3.8, 4) is 10.4 Å². The molecule has 0 aliphatic rings. The number of rotatable bonds is 1. The van der Waals surface area contributed by atoms with Crippen LogP contribution >= 0.6 is 11.3 Å². The molecule has 19 heavy (non-hydrogen) atoms. The maximum Gasteiger partial charge on any atom is 0.417 e. The van der Waals surface area contributed by atoms with E-state index >= 15 is 0 Å². The second kappa shape index (κ2) is 4.56. The molecule has 0 bridgehead atoms. The fraction of sp³-hybridized carbons (Fsp3) is 0.167. The van der Waals surface area contributed by atoms with Crippen LogP contribution in [0.1, 0.15) is 11.1 Å². The van der Waals surface area contributed by atoms with Crippen molar-refractivity contribution in [3.63, 3.8) is 0 Å². The Morgan fingerprint density at radius 3 is 2.16 bits per heavy atom. The summed E-state index contributed by atoms with van der Waals surface area (Å²) < 4.78 is 75.8. The summed E-state index contributed by atoms with van der Waals surface area (Å²) in [5, 5.41) is 1.54. The van der Waals surface area contributed by atoms with E-state index in [4.69, 9.17) is 0 Å². The van der Waals surface area contributed by atoms with Crippen LogP contribution in [0.25, 0.3) is 10.4 Å². The van der Waals surface area contributed by atoms with Crippen molar-refractivity contribution < 1.29 is 26.3 Å². The zero-order valence-electron chi connectivity index (χ0n) is 9.06. The molecular weight excluding hydrogens is 290 g/mol. The minimum absolute atomic E-state index is 0.117. The summed E-state index contributed by atoms with van der Waals surface area (Å²) in [6.45, 7) is 0. The zero-order valence-corrected chi connectivity index (χ0v) is 9.88. The molecule has 0 saturated carbocycles. The van der Waals surface area contributed by atoms with E-state index in [1.54, 1.807) is 5.38 Å². The lowest BCUT2D eigenvalue weighted by molar-refractivity contribution is -0.142. The first-order valence-electron chi connectivity index (χ1n) is 4.93. The highest BCUT2D eigenvalue weighted by atomic mass is 32.1. The average Bonchev–Trinajstić information content (AvgIpc) is 2.79. The number of hydrogen-bond acceptors (Lipinski definition) is 1.